The molecule has 1 N–H and O–H groups in total. The highest BCUT2D eigenvalue weighted by Gasteiger charge is 2.34. The van der Waals surface area contributed by atoms with Crippen molar-refractivity contribution in [3.05, 3.63) is 17.0 Å². The summed E-state index contributed by atoms with van der Waals surface area (Å²) in [5.41, 5.74) is -0.564. The summed E-state index contributed by atoms with van der Waals surface area (Å²) in [5.74, 6) is 0. The van der Waals surface area contributed by atoms with Gasteiger partial charge in [-0.05, 0) is 17.9 Å². The largest absolute Gasteiger partial charge is 0.419 e. The molecule has 5 heteroatoms. The highest BCUT2D eigenvalue weighted by molar-refractivity contribution is 7.14. The molecule has 0 aromatic carbocycles. The van der Waals surface area contributed by atoms with Crippen molar-refractivity contribution in [2.24, 2.45) is 0 Å². The second kappa shape index (κ2) is 4.00. The molecule has 0 aliphatic carbocycles. The first kappa shape index (κ1) is 10.4. The monoisotopic (exact) mass is 209 g/mol. The Labute approximate surface area is 78.6 Å². The van der Waals surface area contributed by atoms with Crippen molar-refractivity contribution < 1.29 is 13.2 Å². The van der Waals surface area contributed by atoms with Crippen molar-refractivity contribution in [2.45, 2.75) is 19.5 Å². The van der Waals surface area contributed by atoms with E-state index in [4.69, 9.17) is 0 Å². The maximum atomic E-state index is 12.3. The minimum absolute atomic E-state index is 0.217. The van der Waals surface area contributed by atoms with Gasteiger partial charge in [-0.3, -0.25) is 0 Å². The Morgan fingerprint density at radius 2 is 2.15 bits per heavy atom. The zero-order valence-electron chi connectivity index (χ0n) is 7.11. The first-order valence-electron chi connectivity index (χ1n) is 3.94. The van der Waals surface area contributed by atoms with Gasteiger partial charge in [0, 0.05) is 6.54 Å². The van der Waals surface area contributed by atoms with Crippen molar-refractivity contribution in [2.75, 3.05) is 11.9 Å². The van der Waals surface area contributed by atoms with E-state index in [9.17, 15) is 13.2 Å². The number of anilines is 1. The average molecular weight is 209 g/mol. The van der Waals surface area contributed by atoms with Gasteiger partial charge in [-0.25, -0.2) is 0 Å². The number of rotatable bonds is 3. The van der Waals surface area contributed by atoms with Crippen LogP contribution >= 0.6 is 11.3 Å². The molecule has 0 radical (unpaired) electrons. The number of nitrogens with one attached hydrogen (secondary N) is 1. The highest BCUT2D eigenvalue weighted by Crippen LogP contribution is 2.37. The Morgan fingerprint density at radius 1 is 1.46 bits per heavy atom. The van der Waals surface area contributed by atoms with Crippen LogP contribution in [0.4, 0.5) is 18.2 Å². The van der Waals surface area contributed by atoms with E-state index in [2.05, 4.69) is 5.32 Å². The first-order valence-corrected chi connectivity index (χ1v) is 4.82. The summed E-state index contributed by atoms with van der Waals surface area (Å²) in [6, 6.07) is 1.10. The van der Waals surface area contributed by atoms with E-state index in [-0.39, 0.29) is 5.00 Å². The van der Waals surface area contributed by atoms with Crippen LogP contribution in [0, 0.1) is 0 Å². The fourth-order valence-electron chi connectivity index (χ4n) is 0.908. The molecule has 0 saturated carbocycles. The fraction of sp³-hybridized carbons (Fsp3) is 0.500. The molecule has 0 atom stereocenters. The first-order chi connectivity index (χ1) is 6.05. The summed E-state index contributed by atoms with van der Waals surface area (Å²) < 4.78 is 36.8. The van der Waals surface area contributed by atoms with Gasteiger partial charge < -0.3 is 5.32 Å². The lowest BCUT2D eigenvalue weighted by molar-refractivity contribution is -0.136. The van der Waals surface area contributed by atoms with Crippen molar-refractivity contribution in [3.63, 3.8) is 0 Å². The van der Waals surface area contributed by atoms with Crippen LogP contribution in [0.2, 0.25) is 0 Å². The predicted octanol–water partition coefficient (Wildman–Crippen LogP) is 3.59. The topological polar surface area (TPSA) is 12.0 Å². The van der Waals surface area contributed by atoms with Gasteiger partial charge in [0.15, 0.2) is 0 Å². The van der Waals surface area contributed by atoms with Gasteiger partial charge >= 0.3 is 6.18 Å². The lowest BCUT2D eigenvalue weighted by Gasteiger charge is -2.08. The SMILES string of the molecule is CCCNc1sccc1C(F)(F)F. The van der Waals surface area contributed by atoms with Crippen molar-refractivity contribution >= 4 is 16.3 Å². The van der Waals surface area contributed by atoms with Gasteiger partial charge in [-0.1, -0.05) is 6.92 Å². The quantitative estimate of drug-likeness (QED) is 0.802. The van der Waals surface area contributed by atoms with Gasteiger partial charge in [-0.2, -0.15) is 13.2 Å². The second-order valence-electron chi connectivity index (χ2n) is 2.59. The third-order valence-corrected chi connectivity index (χ3v) is 2.38. The number of halogens is 3. The van der Waals surface area contributed by atoms with Crippen LogP contribution in [0.15, 0.2) is 11.4 Å². The predicted molar refractivity (Wildman–Crippen MR) is 48.1 cm³/mol. The Morgan fingerprint density at radius 3 is 2.69 bits per heavy atom. The summed E-state index contributed by atoms with van der Waals surface area (Å²) in [6.45, 7) is 2.48. The number of hydrogen-bond acceptors (Lipinski definition) is 2. The smallest absolute Gasteiger partial charge is 0.376 e. The molecule has 1 aromatic rings. The van der Waals surface area contributed by atoms with E-state index in [1.165, 1.54) is 5.38 Å². The molecule has 0 aliphatic rings. The highest BCUT2D eigenvalue weighted by atomic mass is 32.1. The van der Waals surface area contributed by atoms with Crippen LogP contribution in [0.1, 0.15) is 18.9 Å². The van der Waals surface area contributed by atoms with E-state index in [1.54, 1.807) is 0 Å². The number of alkyl halides is 3. The maximum Gasteiger partial charge on any atom is 0.419 e. The third kappa shape index (κ3) is 2.62. The standard InChI is InChI=1S/C8H10F3NS/c1-2-4-12-7-6(3-5-13-7)8(9,10)11/h3,5,12H,2,4H2,1H3. The van der Waals surface area contributed by atoms with E-state index >= 15 is 0 Å². The van der Waals surface area contributed by atoms with Gasteiger partial charge in [0.2, 0.25) is 0 Å². The van der Waals surface area contributed by atoms with Gasteiger partial charge in [-0.15, -0.1) is 11.3 Å². The summed E-state index contributed by atoms with van der Waals surface area (Å²) in [6.07, 6.45) is -3.43. The average Bonchev–Trinajstić information content (AvgIpc) is 2.47. The Kier molecular flexibility index (Phi) is 3.19. The summed E-state index contributed by atoms with van der Waals surface area (Å²) >= 11 is 1.09. The molecular weight excluding hydrogens is 199 g/mol. The third-order valence-electron chi connectivity index (χ3n) is 1.51. The van der Waals surface area contributed by atoms with Crippen LogP contribution in [0.3, 0.4) is 0 Å². The van der Waals surface area contributed by atoms with E-state index in [1.807, 2.05) is 6.92 Å². The lowest BCUT2D eigenvalue weighted by Crippen LogP contribution is -2.08. The number of hydrogen-bond donors (Lipinski definition) is 1. The van der Waals surface area contributed by atoms with Crippen molar-refractivity contribution in [1.29, 1.82) is 0 Å². The molecule has 0 amide bonds. The van der Waals surface area contributed by atoms with E-state index in [0.29, 0.717) is 6.54 Å². The lowest BCUT2D eigenvalue weighted by atomic mass is 10.3. The molecule has 0 aliphatic heterocycles. The molecule has 13 heavy (non-hydrogen) atoms. The minimum Gasteiger partial charge on any atom is -0.376 e. The van der Waals surface area contributed by atoms with Gasteiger partial charge in [0.05, 0.1) is 5.56 Å². The molecule has 1 heterocycles. The summed E-state index contributed by atoms with van der Waals surface area (Å²) in [5, 5.41) is 4.41. The molecule has 0 unspecified atom stereocenters. The molecule has 0 bridgehead atoms. The minimum atomic E-state index is -4.24. The van der Waals surface area contributed by atoms with Crippen LogP contribution < -0.4 is 5.32 Å². The Balaban J connectivity index is 2.77. The second-order valence-corrected chi connectivity index (χ2v) is 3.50. The molecule has 0 saturated heterocycles. The van der Waals surface area contributed by atoms with Crippen LogP contribution in [0.25, 0.3) is 0 Å². The normalized spacial score (nSPS) is 11.7. The Hall–Kier alpha value is -0.710. The van der Waals surface area contributed by atoms with Crippen LogP contribution in [-0.2, 0) is 6.18 Å². The molecule has 1 nitrogen and oxygen atoms in total. The summed E-state index contributed by atoms with van der Waals surface area (Å²) in [4.78, 5) is 0. The van der Waals surface area contributed by atoms with Crippen LogP contribution in [-0.4, -0.2) is 6.54 Å². The molecule has 0 spiro atoms. The molecular formula is C8H10F3NS. The molecule has 74 valence electrons. The van der Waals surface area contributed by atoms with E-state index in [0.717, 1.165) is 23.8 Å². The Bertz CT molecular complexity index is 267. The molecule has 1 aromatic heterocycles. The van der Waals surface area contributed by atoms with Crippen molar-refractivity contribution in [1.82, 2.24) is 0 Å². The zero-order chi connectivity index (χ0) is 9.90. The fourth-order valence-corrected chi connectivity index (χ4v) is 1.74. The van der Waals surface area contributed by atoms with Gasteiger partial charge in [0.25, 0.3) is 0 Å². The van der Waals surface area contributed by atoms with Crippen molar-refractivity contribution in [3.8, 4) is 0 Å². The number of thiophene rings is 1. The van der Waals surface area contributed by atoms with Crippen LogP contribution in [0.5, 0.6) is 0 Å². The van der Waals surface area contributed by atoms with E-state index < -0.39 is 11.7 Å². The zero-order valence-corrected chi connectivity index (χ0v) is 7.93. The molecule has 1 rings (SSSR count). The molecule has 0 fully saturated rings. The summed E-state index contributed by atoms with van der Waals surface area (Å²) in [7, 11) is 0. The van der Waals surface area contributed by atoms with Gasteiger partial charge in [0.1, 0.15) is 5.00 Å². The maximum absolute atomic E-state index is 12.3.